The van der Waals surface area contributed by atoms with Crippen LogP contribution in [0.15, 0.2) is 36.7 Å². The number of hydrogen-bond donors (Lipinski definition) is 3. The summed E-state index contributed by atoms with van der Waals surface area (Å²) in [5, 5.41) is 18.1. The predicted octanol–water partition coefficient (Wildman–Crippen LogP) is 0.869. The molecule has 3 N–H and O–H groups in total. The van der Waals surface area contributed by atoms with Crippen molar-refractivity contribution in [2.75, 3.05) is 19.6 Å². The number of aryl methyl sites for hydroxylation is 2. The Labute approximate surface area is 159 Å². The van der Waals surface area contributed by atoms with Gasteiger partial charge in [-0.25, -0.2) is 0 Å². The number of nitrogens with zero attached hydrogens (tertiary/aromatic N) is 3. The number of aromatic nitrogens is 3. The molecule has 1 aromatic carbocycles. The van der Waals surface area contributed by atoms with Gasteiger partial charge >= 0.3 is 0 Å². The molecule has 1 atom stereocenters. The molecule has 2 fully saturated rings. The van der Waals surface area contributed by atoms with Gasteiger partial charge in [-0.15, -0.1) is 10.2 Å². The molecule has 1 unspecified atom stereocenters. The van der Waals surface area contributed by atoms with Crippen molar-refractivity contribution in [3.8, 4) is 0 Å². The third kappa shape index (κ3) is 4.36. The van der Waals surface area contributed by atoms with Gasteiger partial charge in [0.05, 0.1) is 12.6 Å². The van der Waals surface area contributed by atoms with Gasteiger partial charge in [0.1, 0.15) is 6.33 Å². The molecule has 0 saturated carbocycles. The van der Waals surface area contributed by atoms with E-state index in [-0.39, 0.29) is 11.9 Å². The van der Waals surface area contributed by atoms with E-state index in [1.165, 1.54) is 5.56 Å². The highest BCUT2D eigenvalue weighted by Crippen LogP contribution is 2.37. The lowest BCUT2D eigenvalue weighted by Gasteiger charge is -2.33. The van der Waals surface area contributed by atoms with E-state index in [1.807, 2.05) is 22.8 Å². The quantitative estimate of drug-likeness (QED) is 0.705. The molecule has 3 heterocycles. The zero-order valence-electron chi connectivity index (χ0n) is 15.7. The van der Waals surface area contributed by atoms with E-state index in [9.17, 15) is 4.79 Å². The van der Waals surface area contributed by atoms with Gasteiger partial charge < -0.3 is 20.5 Å². The number of hydrogen-bond acceptors (Lipinski definition) is 5. The highest BCUT2D eigenvalue weighted by atomic mass is 16.2. The number of benzene rings is 1. The molecule has 27 heavy (non-hydrogen) atoms. The van der Waals surface area contributed by atoms with Crippen LogP contribution >= 0.6 is 0 Å². The molecule has 0 aliphatic carbocycles. The van der Waals surface area contributed by atoms with Gasteiger partial charge in [-0.1, -0.05) is 30.3 Å². The Morgan fingerprint density at radius 2 is 2.07 bits per heavy atom. The number of amides is 1. The lowest BCUT2D eigenvalue weighted by molar-refractivity contribution is -0.123. The summed E-state index contributed by atoms with van der Waals surface area (Å²) in [5.74, 6) is 0.872. The van der Waals surface area contributed by atoms with Crippen molar-refractivity contribution in [3.05, 3.63) is 48.0 Å². The van der Waals surface area contributed by atoms with Crippen LogP contribution in [0.1, 0.15) is 30.7 Å². The summed E-state index contributed by atoms with van der Waals surface area (Å²) >= 11 is 0. The SMILES string of the molecule is O=C(NCc1nncn1CCc1ccccc1)C1CC2(CCNCC2)CN1. The van der Waals surface area contributed by atoms with Crippen LogP contribution in [0.5, 0.6) is 0 Å². The fraction of sp³-hybridized carbons (Fsp3) is 0.550. The van der Waals surface area contributed by atoms with E-state index in [1.54, 1.807) is 6.33 Å². The standard InChI is InChI=1S/C20H28N6O/c27-19(17-12-20(14-23-17)7-9-21-10-8-20)22-13-18-25-24-15-26(18)11-6-16-4-2-1-3-5-16/h1-5,15,17,21,23H,6-14H2,(H,22,27). The molecule has 0 radical (unpaired) electrons. The number of piperidine rings is 1. The highest BCUT2D eigenvalue weighted by Gasteiger charge is 2.42. The lowest BCUT2D eigenvalue weighted by Crippen LogP contribution is -2.40. The van der Waals surface area contributed by atoms with Crippen LogP contribution in [-0.2, 0) is 24.3 Å². The predicted molar refractivity (Wildman–Crippen MR) is 103 cm³/mol. The van der Waals surface area contributed by atoms with Crippen molar-refractivity contribution in [2.24, 2.45) is 5.41 Å². The van der Waals surface area contributed by atoms with Gasteiger partial charge in [0, 0.05) is 13.1 Å². The monoisotopic (exact) mass is 368 g/mol. The molecule has 2 aliphatic heterocycles. The van der Waals surface area contributed by atoms with Gasteiger partial charge in [0.25, 0.3) is 0 Å². The van der Waals surface area contributed by atoms with Crippen molar-refractivity contribution in [1.29, 1.82) is 0 Å². The topological polar surface area (TPSA) is 83.9 Å². The Hall–Kier alpha value is -2.25. The third-order valence-corrected chi connectivity index (χ3v) is 5.94. The first-order valence-electron chi connectivity index (χ1n) is 9.87. The van der Waals surface area contributed by atoms with Gasteiger partial charge in [-0.2, -0.15) is 0 Å². The molecule has 1 amide bonds. The Morgan fingerprint density at radius 1 is 1.26 bits per heavy atom. The Balaban J connectivity index is 1.28. The summed E-state index contributed by atoms with van der Waals surface area (Å²) in [6, 6.07) is 10.3. The highest BCUT2D eigenvalue weighted by molar-refractivity contribution is 5.82. The molecule has 1 aromatic heterocycles. The lowest BCUT2D eigenvalue weighted by atomic mass is 9.77. The Bertz CT molecular complexity index is 753. The number of carbonyl (C=O) groups excluding carboxylic acids is 1. The fourth-order valence-corrected chi connectivity index (χ4v) is 4.23. The maximum absolute atomic E-state index is 12.6. The third-order valence-electron chi connectivity index (χ3n) is 5.94. The molecular formula is C20H28N6O. The van der Waals surface area contributed by atoms with Crippen LogP contribution in [-0.4, -0.2) is 46.3 Å². The molecule has 2 saturated heterocycles. The van der Waals surface area contributed by atoms with Gasteiger partial charge in [0.15, 0.2) is 5.82 Å². The minimum absolute atomic E-state index is 0.0722. The summed E-state index contributed by atoms with van der Waals surface area (Å²) in [6.45, 7) is 4.28. The van der Waals surface area contributed by atoms with Crippen LogP contribution in [0.4, 0.5) is 0 Å². The first-order chi connectivity index (χ1) is 13.2. The van der Waals surface area contributed by atoms with E-state index >= 15 is 0 Å². The molecule has 144 valence electrons. The van der Waals surface area contributed by atoms with E-state index < -0.39 is 0 Å². The zero-order valence-corrected chi connectivity index (χ0v) is 15.7. The second-order valence-electron chi connectivity index (χ2n) is 7.78. The molecule has 7 nitrogen and oxygen atoms in total. The van der Waals surface area contributed by atoms with Crippen molar-refractivity contribution in [1.82, 2.24) is 30.7 Å². The van der Waals surface area contributed by atoms with Crippen molar-refractivity contribution in [2.45, 2.75) is 44.8 Å². The molecular weight excluding hydrogens is 340 g/mol. The van der Waals surface area contributed by atoms with Crippen LogP contribution in [0.3, 0.4) is 0 Å². The molecule has 0 bridgehead atoms. The summed E-state index contributed by atoms with van der Waals surface area (Å²) in [6.07, 6.45) is 5.89. The van der Waals surface area contributed by atoms with E-state index in [0.717, 1.165) is 57.7 Å². The normalized spacial score (nSPS) is 21.4. The second-order valence-corrected chi connectivity index (χ2v) is 7.78. The van der Waals surface area contributed by atoms with Crippen LogP contribution in [0.2, 0.25) is 0 Å². The first kappa shape index (κ1) is 18.1. The maximum Gasteiger partial charge on any atom is 0.237 e. The van der Waals surface area contributed by atoms with Gasteiger partial charge in [0.2, 0.25) is 5.91 Å². The summed E-state index contributed by atoms with van der Waals surface area (Å²) < 4.78 is 2.02. The average Bonchev–Trinajstić information content (AvgIpc) is 3.33. The minimum atomic E-state index is -0.0937. The molecule has 2 aromatic rings. The molecule has 4 rings (SSSR count). The van der Waals surface area contributed by atoms with Crippen LogP contribution in [0, 0.1) is 5.41 Å². The van der Waals surface area contributed by atoms with E-state index in [2.05, 4.69) is 38.3 Å². The maximum atomic E-state index is 12.6. The van der Waals surface area contributed by atoms with Crippen molar-refractivity contribution in [3.63, 3.8) is 0 Å². The summed E-state index contributed by atoms with van der Waals surface area (Å²) in [5.41, 5.74) is 1.58. The Kier molecular flexibility index (Phi) is 5.50. The summed E-state index contributed by atoms with van der Waals surface area (Å²) in [4.78, 5) is 12.6. The molecule has 1 spiro atoms. The van der Waals surface area contributed by atoms with E-state index in [4.69, 9.17) is 0 Å². The molecule has 2 aliphatic rings. The number of nitrogens with one attached hydrogen (secondary N) is 3. The average molecular weight is 368 g/mol. The summed E-state index contributed by atoms with van der Waals surface area (Å²) in [7, 11) is 0. The largest absolute Gasteiger partial charge is 0.347 e. The van der Waals surface area contributed by atoms with Crippen LogP contribution < -0.4 is 16.0 Å². The van der Waals surface area contributed by atoms with Crippen LogP contribution in [0.25, 0.3) is 0 Å². The minimum Gasteiger partial charge on any atom is -0.347 e. The zero-order chi connectivity index (χ0) is 18.5. The fourth-order valence-electron chi connectivity index (χ4n) is 4.23. The molecule has 7 heteroatoms. The van der Waals surface area contributed by atoms with Gasteiger partial charge in [-0.3, -0.25) is 4.79 Å². The second kappa shape index (κ2) is 8.19. The number of carbonyl (C=O) groups is 1. The van der Waals surface area contributed by atoms with Crippen molar-refractivity contribution >= 4 is 5.91 Å². The van der Waals surface area contributed by atoms with E-state index in [0.29, 0.717) is 12.0 Å². The number of rotatable bonds is 6. The smallest absolute Gasteiger partial charge is 0.237 e. The first-order valence-corrected chi connectivity index (χ1v) is 9.87. The van der Waals surface area contributed by atoms with Gasteiger partial charge in [-0.05, 0) is 49.8 Å². The van der Waals surface area contributed by atoms with Crippen molar-refractivity contribution < 1.29 is 4.79 Å². The Morgan fingerprint density at radius 3 is 2.89 bits per heavy atom.